The van der Waals surface area contributed by atoms with Crippen molar-refractivity contribution in [3.05, 3.63) is 24.0 Å². The van der Waals surface area contributed by atoms with E-state index in [2.05, 4.69) is 24.1 Å². The third kappa shape index (κ3) is 4.48. The molecule has 0 aromatic heterocycles. The van der Waals surface area contributed by atoms with Gasteiger partial charge in [-0.15, -0.1) is 0 Å². The largest absolute Gasteiger partial charge is 0.159 e. The molecule has 0 bridgehead atoms. The number of nitrogens with zero attached hydrogens (tertiary/aromatic N) is 2. The van der Waals surface area contributed by atoms with Crippen molar-refractivity contribution in [2.75, 3.05) is 0 Å². The summed E-state index contributed by atoms with van der Waals surface area (Å²) in [6.45, 7) is 8.10. The molecule has 0 spiro atoms. The van der Waals surface area contributed by atoms with E-state index >= 15 is 0 Å². The lowest BCUT2D eigenvalue weighted by atomic mass is 10.1. The van der Waals surface area contributed by atoms with Crippen LogP contribution in [0.4, 0.5) is 0 Å². The number of allylic oxidation sites excluding steroid dienone is 3. The number of hydrogen-bond acceptors (Lipinski definition) is 2. The van der Waals surface area contributed by atoms with Crippen molar-refractivity contribution in [3.8, 4) is 0 Å². The Balaban J connectivity index is 4.10. The Morgan fingerprint density at radius 1 is 1.27 bits per heavy atom. The van der Waals surface area contributed by atoms with E-state index in [4.69, 9.17) is 0 Å². The van der Waals surface area contributed by atoms with Gasteiger partial charge in [-0.25, -0.2) is 0 Å². The van der Waals surface area contributed by atoms with E-state index in [-0.39, 0.29) is 0 Å². The fourth-order valence-corrected chi connectivity index (χ4v) is 0.673. The quantitative estimate of drug-likeness (QED) is 0.553. The van der Waals surface area contributed by atoms with E-state index in [9.17, 15) is 0 Å². The van der Waals surface area contributed by atoms with Gasteiger partial charge >= 0.3 is 0 Å². The van der Waals surface area contributed by atoms with Crippen LogP contribution >= 0.6 is 0 Å². The summed E-state index contributed by atoms with van der Waals surface area (Å²) in [5.74, 6) is 0.453. The maximum atomic E-state index is 4.03. The maximum absolute atomic E-state index is 4.03. The highest BCUT2D eigenvalue weighted by atomic mass is 15.1. The second kappa shape index (κ2) is 5.83. The molecule has 0 heterocycles. The maximum Gasteiger partial charge on any atom is 0.0613 e. The molecule has 0 radical (unpaired) electrons. The molecule has 0 fully saturated rings. The summed E-state index contributed by atoms with van der Waals surface area (Å²) in [6.07, 6.45) is 5.53. The van der Waals surface area contributed by atoms with Crippen LogP contribution in [0.5, 0.6) is 0 Å². The minimum absolute atomic E-state index is 0.453. The van der Waals surface area contributed by atoms with Gasteiger partial charge < -0.3 is 0 Å². The average Bonchev–Trinajstić information content (AvgIpc) is 1.97. The topological polar surface area (TPSA) is 24.7 Å². The molecule has 0 atom stereocenters. The highest BCUT2D eigenvalue weighted by Gasteiger charge is 1.97. The Bertz CT molecular complexity index is 176. The molecule has 62 valence electrons. The van der Waals surface area contributed by atoms with Crippen LogP contribution in [0.3, 0.4) is 0 Å². The Kier molecular flexibility index (Phi) is 5.35. The van der Waals surface area contributed by atoms with Gasteiger partial charge in [0.05, 0.1) is 5.70 Å². The van der Waals surface area contributed by atoms with Crippen LogP contribution in [0.15, 0.2) is 34.3 Å². The predicted octanol–water partition coefficient (Wildman–Crippen LogP) is 3.53. The van der Waals surface area contributed by atoms with Crippen LogP contribution < -0.4 is 0 Å². The molecule has 0 aliphatic carbocycles. The number of azo groups is 1. The molecule has 11 heavy (non-hydrogen) atoms. The lowest BCUT2D eigenvalue weighted by Gasteiger charge is -2.00. The normalized spacial score (nSPS) is 14.1. The van der Waals surface area contributed by atoms with Crippen molar-refractivity contribution < 1.29 is 0 Å². The molecule has 0 amide bonds. The first-order chi connectivity index (χ1) is 5.22. The van der Waals surface area contributed by atoms with E-state index in [0.29, 0.717) is 5.92 Å². The van der Waals surface area contributed by atoms with E-state index < -0.39 is 0 Å². The molecule has 0 rings (SSSR count). The van der Waals surface area contributed by atoms with E-state index in [1.807, 2.05) is 26.0 Å². The highest BCUT2D eigenvalue weighted by molar-refractivity contribution is 5.00. The van der Waals surface area contributed by atoms with Gasteiger partial charge in [-0.2, -0.15) is 10.2 Å². The summed E-state index contributed by atoms with van der Waals surface area (Å²) in [5.41, 5.74) is 1.03. The summed E-state index contributed by atoms with van der Waals surface area (Å²) >= 11 is 0. The molecule has 2 heteroatoms. The monoisotopic (exact) mass is 152 g/mol. The van der Waals surface area contributed by atoms with E-state index in [1.165, 1.54) is 0 Å². The summed E-state index contributed by atoms with van der Waals surface area (Å²) < 4.78 is 0. The van der Waals surface area contributed by atoms with Crippen molar-refractivity contribution >= 4 is 0 Å². The van der Waals surface area contributed by atoms with Gasteiger partial charge in [0.2, 0.25) is 0 Å². The second-order valence-electron chi connectivity index (χ2n) is 2.57. The van der Waals surface area contributed by atoms with Crippen LogP contribution in [0.2, 0.25) is 0 Å². The average molecular weight is 152 g/mol. The summed E-state index contributed by atoms with van der Waals surface area (Å²) in [4.78, 5) is 0. The minimum atomic E-state index is 0.453. The van der Waals surface area contributed by atoms with Crippen LogP contribution in [0, 0.1) is 5.92 Å². The van der Waals surface area contributed by atoms with Gasteiger partial charge in [-0.05, 0) is 19.8 Å². The molecular formula is C9H16N2. The minimum Gasteiger partial charge on any atom is -0.159 e. The van der Waals surface area contributed by atoms with Gasteiger partial charge in [0.25, 0.3) is 0 Å². The predicted molar refractivity (Wildman–Crippen MR) is 48.3 cm³/mol. The Hall–Kier alpha value is -0.920. The van der Waals surface area contributed by atoms with E-state index in [1.54, 1.807) is 6.20 Å². The zero-order chi connectivity index (χ0) is 8.69. The van der Waals surface area contributed by atoms with Gasteiger partial charge in [-0.3, -0.25) is 0 Å². The third-order valence-electron chi connectivity index (χ3n) is 1.28. The molecule has 0 aromatic carbocycles. The van der Waals surface area contributed by atoms with Crippen molar-refractivity contribution in [2.45, 2.75) is 27.7 Å². The molecule has 0 N–H and O–H groups in total. The summed E-state index contributed by atoms with van der Waals surface area (Å²) in [5, 5.41) is 7.89. The van der Waals surface area contributed by atoms with Crippen molar-refractivity contribution in [2.24, 2.45) is 16.1 Å². The molecule has 0 unspecified atom stereocenters. The summed E-state index contributed by atoms with van der Waals surface area (Å²) in [7, 11) is 0. The standard InChI is InChI=1S/C9H16N2/c1-5-7-10-11-9(6-2)8(3)4/h5-8H,1-4H3/b7-5-,9-6-,11-10-. The highest BCUT2D eigenvalue weighted by Crippen LogP contribution is 2.10. The van der Waals surface area contributed by atoms with Gasteiger partial charge in [0.1, 0.15) is 0 Å². The fourth-order valence-electron chi connectivity index (χ4n) is 0.673. The van der Waals surface area contributed by atoms with Crippen molar-refractivity contribution in [3.63, 3.8) is 0 Å². The zero-order valence-corrected chi connectivity index (χ0v) is 7.70. The first-order valence-corrected chi connectivity index (χ1v) is 3.90. The van der Waals surface area contributed by atoms with Gasteiger partial charge in [-0.1, -0.05) is 26.0 Å². The molecular weight excluding hydrogens is 136 g/mol. The zero-order valence-electron chi connectivity index (χ0n) is 7.70. The third-order valence-corrected chi connectivity index (χ3v) is 1.28. The van der Waals surface area contributed by atoms with E-state index in [0.717, 1.165) is 5.70 Å². The Morgan fingerprint density at radius 3 is 2.27 bits per heavy atom. The lowest BCUT2D eigenvalue weighted by Crippen LogP contribution is -1.88. The molecule has 0 aromatic rings. The Morgan fingerprint density at radius 2 is 1.91 bits per heavy atom. The smallest absolute Gasteiger partial charge is 0.0613 e. The summed E-state index contributed by atoms with van der Waals surface area (Å²) in [6, 6.07) is 0. The molecule has 0 saturated heterocycles. The van der Waals surface area contributed by atoms with Crippen molar-refractivity contribution in [1.29, 1.82) is 0 Å². The molecule has 0 saturated carbocycles. The van der Waals surface area contributed by atoms with Crippen LogP contribution in [-0.2, 0) is 0 Å². The Labute approximate surface area is 68.7 Å². The first kappa shape index (κ1) is 10.1. The van der Waals surface area contributed by atoms with Gasteiger partial charge in [0, 0.05) is 6.20 Å². The first-order valence-electron chi connectivity index (χ1n) is 3.90. The van der Waals surface area contributed by atoms with Crippen LogP contribution in [0.25, 0.3) is 0 Å². The molecule has 0 aliphatic heterocycles. The number of hydrogen-bond donors (Lipinski definition) is 0. The van der Waals surface area contributed by atoms with Crippen LogP contribution in [-0.4, -0.2) is 0 Å². The number of rotatable bonds is 3. The van der Waals surface area contributed by atoms with Gasteiger partial charge in [0.15, 0.2) is 0 Å². The van der Waals surface area contributed by atoms with Crippen LogP contribution in [0.1, 0.15) is 27.7 Å². The lowest BCUT2D eigenvalue weighted by molar-refractivity contribution is 0.739. The SMILES string of the molecule is C\C=C/N=N\C(=C/C)C(C)C. The molecule has 0 aliphatic rings. The molecule has 2 nitrogen and oxygen atoms in total. The fraction of sp³-hybridized carbons (Fsp3) is 0.556. The second-order valence-corrected chi connectivity index (χ2v) is 2.57. The van der Waals surface area contributed by atoms with Crippen molar-refractivity contribution in [1.82, 2.24) is 0 Å².